The highest BCUT2D eigenvalue weighted by atomic mass is 35.5. The molecular formula is C19H25ClN4O2. The molecule has 1 saturated heterocycles. The zero-order valence-corrected chi connectivity index (χ0v) is 16.1. The van der Waals surface area contributed by atoms with Crippen LogP contribution in [0.3, 0.4) is 0 Å². The normalized spacial score (nSPS) is 15.3. The van der Waals surface area contributed by atoms with Crippen LogP contribution in [-0.2, 0) is 17.9 Å². The lowest BCUT2D eigenvalue weighted by molar-refractivity contribution is -0.135. The van der Waals surface area contributed by atoms with E-state index in [0.29, 0.717) is 10.8 Å². The number of carbonyl (C=O) groups is 1. The van der Waals surface area contributed by atoms with Crippen molar-refractivity contribution in [2.75, 3.05) is 32.8 Å². The van der Waals surface area contributed by atoms with E-state index in [4.69, 9.17) is 16.3 Å². The molecule has 1 fully saturated rings. The van der Waals surface area contributed by atoms with Crippen molar-refractivity contribution in [3.63, 3.8) is 0 Å². The van der Waals surface area contributed by atoms with Gasteiger partial charge in [0.1, 0.15) is 5.75 Å². The maximum Gasteiger partial charge on any atom is 0.260 e. The standard InChI is InChI=1S/C19H25ClN4O2/c1-3-24-13-16(15(2)21-24)12-22-8-10-23(11-9-22)19(25)14-26-18-6-4-17(20)5-7-18/h4-7,13H,3,8-12,14H2,1-2H3. The van der Waals surface area contributed by atoms with Gasteiger partial charge < -0.3 is 9.64 Å². The third kappa shape index (κ3) is 4.77. The third-order valence-electron chi connectivity index (χ3n) is 4.67. The summed E-state index contributed by atoms with van der Waals surface area (Å²) in [7, 11) is 0. The Balaban J connectivity index is 1.44. The van der Waals surface area contributed by atoms with Gasteiger partial charge in [0, 0.05) is 56.1 Å². The van der Waals surface area contributed by atoms with Gasteiger partial charge in [-0.15, -0.1) is 0 Å². The molecule has 1 aromatic heterocycles. The molecule has 1 aliphatic rings. The number of hydrogen-bond donors (Lipinski definition) is 0. The highest BCUT2D eigenvalue weighted by Crippen LogP contribution is 2.16. The second-order valence-corrected chi connectivity index (χ2v) is 6.93. The fourth-order valence-electron chi connectivity index (χ4n) is 3.04. The molecule has 0 radical (unpaired) electrons. The quantitative estimate of drug-likeness (QED) is 0.777. The number of benzene rings is 1. The van der Waals surface area contributed by atoms with Crippen molar-refractivity contribution in [3.05, 3.63) is 46.7 Å². The Bertz CT molecular complexity index is 736. The Morgan fingerprint density at radius 2 is 1.88 bits per heavy atom. The highest BCUT2D eigenvalue weighted by Gasteiger charge is 2.22. The van der Waals surface area contributed by atoms with E-state index in [-0.39, 0.29) is 12.5 Å². The number of piperazine rings is 1. The number of aromatic nitrogens is 2. The predicted octanol–water partition coefficient (Wildman–Crippen LogP) is 2.59. The number of aryl methyl sites for hydroxylation is 2. The van der Waals surface area contributed by atoms with Crippen LogP contribution in [0.25, 0.3) is 0 Å². The molecule has 140 valence electrons. The molecule has 0 atom stereocenters. The molecule has 1 aromatic carbocycles. The van der Waals surface area contributed by atoms with E-state index in [2.05, 4.69) is 30.0 Å². The van der Waals surface area contributed by atoms with Crippen molar-refractivity contribution in [2.45, 2.75) is 26.9 Å². The number of amides is 1. The van der Waals surface area contributed by atoms with E-state index in [0.717, 1.165) is 45.0 Å². The molecule has 1 amide bonds. The summed E-state index contributed by atoms with van der Waals surface area (Å²) >= 11 is 5.85. The molecule has 3 rings (SSSR count). The molecule has 7 heteroatoms. The Morgan fingerprint density at radius 3 is 2.50 bits per heavy atom. The summed E-state index contributed by atoms with van der Waals surface area (Å²) in [4.78, 5) is 16.6. The minimum atomic E-state index is 0.0228. The average Bonchev–Trinajstić information content (AvgIpc) is 3.01. The molecule has 2 heterocycles. The summed E-state index contributed by atoms with van der Waals surface area (Å²) in [6.45, 7) is 9.15. The van der Waals surface area contributed by atoms with E-state index in [1.54, 1.807) is 24.3 Å². The summed E-state index contributed by atoms with van der Waals surface area (Å²) in [5.74, 6) is 0.680. The van der Waals surface area contributed by atoms with Gasteiger partial charge in [-0.3, -0.25) is 14.4 Å². The number of ether oxygens (including phenoxy) is 1. The van der Waals surface area contributed by atoms with Crippen molar-refractivity contribution in [1.82, 2.24) is 19.6 Å². The van der Waals surface area contributed by atoms with E-state index >= 15 is 0 Å². The number of nitrogens with zero attached hydrogens (tertiary/aromatic N) is 4. The van der Waals surface area contributed by atoms with Crippen LogP contribution in [0.1, 0.15) is 18.2 Å². The van der Waals surface area contributed by atoms with E-state index in [9.17, 15) is 4.79 Å². The molecule has 0 spiro atoms. The van der Waals surface area contributed by atoms with E-state index in [1.807, 2.05) is 9.58 Å². The average molecular weight is 377 g/mol. The summed E-state index contributed by atoms with van der Waals surface area (Å²) in [6, 6.07) is 7.05. The van der Waals surface area contributed by atoms with Crippen molar-refractivity contribution in [3.8, 4) is 5.75 Å². The van der Waals surface area contributed by atoms with Crippen LogP contribution >= 0.6 is 11.6 Å². The molecule has 0 aliphatic carbocycles. The maximum atomic E-state index is 12.3. The lowest BCUT2D eigenvalue weighted by Crippen LogP contribution is -2.49. The largest absolute Gasteiger partial charge is 0.484 e. The summed E-state index contributed by atoms with van der Waals surface area (Å²) < 4.78 is 7.53. The van der Waals surface area contributed by atoms with Gasteiger partial charge in [0.2, 0.25) is 0 Å². The van der Waals surface area contributed by atoms with Gasteiger partial charge >= 0.3 is 0 Å². The van der Waals surface area contributed by atoms with Crippen molar-refractivity contribution < 1.29 is 9.53 Å². The topological polar surface area (TPSA) is 50.6 Å². The second-order valence-electron chi connectivity index (χ2n) is 6.49. The number of rotatable bonds is 6. The molecule has 6 nitrogen and oxygen atoms in total. The monoisotopic (exact) mass is 376 g/mol. The van der Waals surface area contributed by atoms with Gasteiger partial charge in [-0.05, 0) is 38.1 Å². The van der Waals surface area contributed by atoms with Crippen LogP contribution in [-0.4, -0.2) is 58.3 Å². The minimum absolute atomic E-state index is 0.0228. The van der Waals surface area contributed by atoms with E-state index < -0.39 is 0 Å². The van der Waals surface area contributed by atoms with Crippen LogP contribution in [0.15, 0.2) is 30.5 Å². The van der Waals surface area contributed by atoms with Gasteiger partial charge in [0.15, 0.2) is 6.61 Å². The first-order chi connectivity index (χ1) is 12.5. The van der Waals surface area contributed by atoms with Crippen LogP contribution in [0.5, 0.6) is 5.75 Å². The zero-order chi connectivity index (χ0) is 18.5. The summed E-state index contributed by atoms with van der Waals surface area (Å²) in [5.41, 5.74) is 2.35. The zero-order valence-electron chi connectivity index (χ0n) is 15.3. The molecular weight excluding hydrogens is 352 g/mol. The predicted molar refractivity (Wildman–Crippen MR) is 101 cm³/mol. The van der Waals surface area contributed by atoms with Crippen molar-refractivity contribution in [2.24, 2.45) is 0 Å². The van der Waals surface area contributed by atoms with Crippen LogP contribution < -0.4 is 4.74 Å². The van der Waals surface area contributed by atoms with Crippen LogP contribution in [0, 0.1) is 6.92 Å². The Kier molecular flexibility index (Phi) is 6.16. The molecule has 2 aromatic rings. The Labute approximate surface area is 159 Å². The summed E-state index contributed by atoms with van der Waals surface area (Å²) in [5, 5.41) is 5.15. The van der Waals surface area contributed by atoms with Crippen LogP contribution in [0.4, 0.5) is 0 Å². The van der Waals surface area contributed by atoms with Gasteiger partial charge in [-0.2, -0.15) is 5.10 Å². The molecule has 1 aliphatic heterocycles. The van der Waals surface area contributed by atoms with Gasteiger partial charge in [-0.1, -0.05) is 11.6 Å². The number of hydrogen-bond acceptors (Lipinski definition) is 4. The molecule has 26 heavy (non-hydrogen) atoms. The lowest BCUT2D eigenvalue weighted by atomic mass is 10.2. The third-order valence-corrected chi connectivity index (χ3v) is 4.92. The van der Waals surface area contributed by atoms with Gasteiger partial charge in [0.25, 0.3) is 5.91 Å². The molecule has 0 saturated carbocycles. The molecule has 0 bridgehead atoms. The smallest absolute Gasteiger partial charge is 0.260 e. The van der Waals surface area contributed by atoms with Crippen molar-refractivity contribution >= 4 is 17.5 Å². The first-order valence-corrected chi connectivity index (χ1v) is 9.34. The number of halogens is 1. The summed E-state index contributed by atoms with van der Waals surface area (Å²) in [6.07, 6.45) is 2.12. The van der Waals surface area contributed by atoms with Crippen LogP contribution in [0.2, 0.25) is 5.02 Å². The SMILES string of the molecule is CCn1cc(CN2CCN(C(=O)COc3ccc(Cl)cc3)CC2)c(C)n1. The van der Waals surface area contributed by atoms with E-state index in [1.165, 1.54) is 5.56 Å². The maximum absolute atomic E-state index is 12.3. The van der Waals surface area contributed by atoms with Crippen molar-refractivity contribution in [1.29, 1.82) is 0 Å². The second kappa shape index (κ2) is 8.56. The number of carbonyl (C=O) groups excluding carboxylic acids is 1. The van der Waals surface area contributed by atoms with Gasteiger partial charge in [-0.25, -0.2) is 0 Å². The highest BCUT2D eigenvalue weighted by molar-refractivity contribution is 6.30. The fourth-order valence-corrected chi connectivity index (χ4v) is 3.17. The fraction of sp³-hybridized carbons (Fsp3) is 0.474. The van der Waals surface area contributed by atoms with Gasteiger partial charge in [0.05, 0.1) is 5.69 Å². The molecule has 0 N–H and O–H groups in total. The lowest BCUT2D eigenvalue weighted by Gasteiger charge is -2.34. The Hall–Kier alpha value is -2.05. The first kappa shape index (κ1) is 18.7. The first-order valence-electron chi connectivity index (χ1n) is 8.96. The Morgan fingerprint density at radius 1 is 1.19 bits per heavy atom. The minimum Gasteiger partial charge on any atom is -0.484 e. The molecule has 0 unspecified atom stereocenters.